The minimum absolute atomic E-state index is 0.378. The largest absolute Gasteiger partial charge is 0.387 e. The van der Waals surface area contributed by atoms with Crippen LogP contribution >= 0.6 is 18.7 Å². The van der Waals surface area contributed by atoms with E-state index in [1.807, 2.05) is 6.92 Å². The Morgan fingerprint density at radius 1 is 1.64 bits per heavy atom. The Bertz CT molecular complexity index is 286. The summed E-state index contributed by atoms with van der Waals surface area (Å²) in [6, 6.07) is 0. The van der Waals surface area contributed by atoms with Crippen molar-refractivity contribution in [1.29, 1.82) is 0 Å². The van der Waals surface area contributed by atoms with Gasteiger partial charge in [0.2, 0.25) is 0 Å². The summed E-state index contributed by atoms with van der Waals surface area (Å²) in [7, 11) is -2.17. The summed E-state index contributed by atoms with van der Waals surface area (Å²) in [4.78, 5) is 0. The van der Waals surface area contributed by atoms with Crippen molar-refractivity contribution in [3.8, 4) is 0 Å². The van der Waals surface area contributed by atoms with E-state index < -0.39 is 13.2 Å². The van der Waals surface area contributed by atoms with Crippen LogP contribution in [0.4, 0.5) is 0 Å². The highest BCUT2D eigenvalue weighted by Crippen LogP contribution is 2.52. The van der Waals surface area contributed by atoms with Crippen LogP contribution in [0.5, 0.6) is 0 Å². The Morgan fingerprint density at radius 2 is 2.29 bits per heavy atom. The lowest BCUT2D eigenvalue weighted by Gasteiger charge is -2.27. The molecule has 0 aromatic heterocycles. The Labute approximate surface area is 90.7 Å². The summed E-state index contributed by atoms with van der Waals surface area (Å²) >= 11 is 5.89. The van der Waals surface area contributed by atoms with E-state index in [4.69, 9.17) is 11.6 Å². The monoisotopic (exact) mass is 236 g/mol. The van der Waals surface area contributed by atoms with Crippen molar-refractivity contribution in [2.75, 3.05) is 18.5 Å². The molecule has 4 heteroatoms. The molecule has 0 fully saturated rings. The number of hydrogen-bond acceptors (Lipinski definition) is 2. The number of aliphatic hydroxyl groups excluding tert-OH is 1. The van der Waals surface area contributed by atoms with E-state index in [1.54, 1.807) is 0 Å². The van der Waals surface area contributed by atoms with Gasteiger partial charge in [-0.05, 0) is 18.9 Å². The molecule has 2 nitrogen and oxygen atoms in total. The van der Waals surface area contributed by atoms with Gasteiger partial charge in [-0.1, -0.05) is 24.9 Å². The summed E-state index contributed by atoms with van der Waals surface area (Å²) < 4.78 is 12.3. The highest BCUT2D eigenvalue weighted by Gasteiger charge is 2.32. The quantitative estimate of drug-likeness (QED) is 0.765. The lowest BCUT2D eigenvalue weighted by Crippen LogP contribution is -2.22. The number of unbranched alkanes of at least 4 members (excludes halogenated alkanes) is 1. The molecule has 82 valence electrons. The second-order valence-corrected chi connectivity index (χ2v) is 7.77. The molecule has 1 N–H and O–H groups in total. The van der Waals surface area contributed by atoms with Crippen molar-refractivity contribution in [1.82, 2.24) is 0 Å². The molecule has 14 heavy (non-hydrogen) atoms. The molecule has 0 amide bonds. The van der Waals surface area contributed by atoms with Gasteiger partial charge < -0.3 is 9.67 Å². The molecule has 0 aliphatic carbocycles. The Hall–Kier alpha value is 0.220. The first-order chi connectivity index (χ1) is 6.48. The first-order valence-electron chi connectivity index (χ1n) is 5.09. The number of halogens is 1. The second-order valence-electron chi connectivity index (χ2n) is 4.12. The standard InChI is InChI=1S/C10H18ClO2P/c1-3-4-5-14(13)6-8(2)10(11)9(12)7-14/h9,12H,3-7H2,1-2H3/t9-,14+/m1/s1. The molecule has 0 unspecified atom stereocenters. The first-order valence-corrected chi connectivity index (χ1v) is 7.73. The van der Waals surface area contributed by atoms with E-state index in [-0.39, 0.29) is 0 Å². The number of allylic oxidation sites excluding steroid dienone is 1. The fourth-order valence-electron chi connectivity index (χ4n) is 1.87. The van der Waals surface area contributed by atoms with E-state index in [0.29, 0.717) is 17.4 Å². The minimum Gasteiger partial charge on any atom is -0.387 e. The number of aliphatic hydroxyl groups is 1. The zero-order valence-electron chi connectivity index (χ0n) is 8.79. The molecular formula is C10H18ClO2P. The van der Waals surface area contributed by atoms with E-state index >= 15 is 0 Å². The van der Waals surface area contributed by atoms with Crippen molar-refractivity contribution in [3.05, 3.63) is 10.6 Å². The van der Waals surface area contributed by atoms with Crippen LogP contribution in [0.25, 0.3) is 0 Å². The smallest absolute Gasteiger partial charge is 0.0963 e. The average Bonchev–Trinajstić information content (AvgIpc) is 2.11. The Balaban J connectivity index is 2.73. The summed E-state index contributed by atoms with van der Waals surface area (Å²) in [5.41, 5.74) is 0.907. The zero-order valence-corrected chi connectivity index (χ0v) is 10.4. The summed E-state index contributed by atoms with van der Waals surface area (Å²) in [5.74, 6) is 0. The molecule has 0 bridgehead atoms. The molecule has 1 aliphatic heterocycles. The molecule has 1 aliphatic rings. The summed E-state index contributed by atoms with van der Waals surface area (Å²) in [6.07, 6.45) is 3.08. The molecule has 0 spiro atoms. The van der Waals surface area contributed by atoms with Crippen LogP contribution in [0.1, 0.15) is 26.7 Å². The summed E-state index contributed by atoms with van der Waals surface area (Å²) in [5, 5.41) is 10.1. The van der Waals surface area contributed by atoms with Crippen molar-refractivity contribution < 1.29 is 9.67 Å². The van der Waals surface area contributed by atoms with Gasteiger partial charge >= 0.3 is 0 Å². The van der Waals surface area contributed by atoms with Gasteiger partial charge in [0.15, 0.2) is 0 Å². The third-order valence-corrected chi connectivity index (χ3v) is 6.42. The van der Waals surface area contributed by atoms with Gasteiger partial charge in [-0.15, -0.1) is 0 Å². The van der Waals surface area contributed by atoms with Gasteiger partial charge in [0.25, 0.3) is 0 Å². The number of hydrogen-bond donors (Lipinski definition) is 1. The zero-order chi connectivity index (χ0) is 10.8. The van der Waals surface area contributed by atoms with E-state index in [2.05, 4.69) is 6.92 Å². The Morgan fingerprint density at radius 3 is 2.79 bits per heavy atom. The van der Waals surface area contributed by atoms with Crippen molar-refractivity contribution in [3.63, 3.8) is 0 Å². The Kier molecular flexibility index (Phi) is 4.24. The number of rotatable bonds is 3. The lowest BCUT2D eigenvalue weighted by atomic mass is 10.2. The van der Waals surface area contributed by atoms with Gasteiger partial charge in [0.05, 0.1) is 13.2 Å². The van der Waals surface area contributed by atoms with Gasteiger partial charge in [-0.2, -0.15) is 0 Å². The highest BCUT2D eigenvalue weighted by molar-refractivity contribution is 7.64. The fourth-order valence-corrected chi connectivity index (χ4v) is 5.42. The normalized spacial score (nSPS) is 33.6. The lowest BCUT2D eigenvalue weighted by molar-refractivity contribution is 0.238. The highest BCUT2D eigenvalue weighted by atomic mass is 35.5. The molecule has 0 saturated heterocycles. The molecular weight excluding hydrogens is 219 g/mol. The van der Waals surface area contributed by atoms with Crippen LogP contribution in [0.3, 0.4) is 0 Å². The van der Waals surface area contributed by atoms with Gasteiger partial charge in [-0.3, -0.25) is 0 Å². The molecule has 0 aromatic rings. The van der Waals surface area contributed by atoms with E-state index in [9.17, 15) is 9.67 Å². The SMILES string of the molecule is CCCC[P@]1(=O)CC(C)=C(Cl)[C@H](O)C1. The average molecular weight is 237 g/mol. The minimum atomic E-state index is -2.17. The van der Waals surface area contributed by atoms with Crippen LogP contribution in [-0.2, 0) is 4.57 Å². The maximum Gasteiger partial charge on any atom is 0.0963 e. The van der Waals surface area contributed by atoms with Gasteiger partial charge in [-0.25, -0.2) is 0 Å². The molecule has 2 atom stereocenters. The second kappa shape index (κ2) is 4.83. The maximum atomic E-state index is 12.3. The van der Waals surface area contributed by atoms with Crippen LogP contribution in [-0.4, -0.2) is 29.7 Å². The van der Waals surface area contributed by atoms with E-state index in [0.717, 1.165) is 24.6 Å². The molecule has 0 aromatic carbocycles. The molecule has 1 heterocycles. The topological polar surface area (TPSA) is 37.3 Å². The van der Waals surface area contributed by atoms with Crippen LogP contribution in [0.2, 0.25) is 0 Å². The van der Waals surface area contributed by atoms with Gasteiger partial charge in [0, 0.05) is 23.5 Å². The predicted octanol–water partition coefficient (Wildman–Crippen LogP) is 3.04. The maximum absolute atomic E-state index is 12.3. The van der Waals surface area contributed by atoms with Crippen LogP contribution in [0.15, 0.2) is 10.6 Å². The predicted molar refractivity (Wildman–Crippen MR) is 61.7 cm³/mol. The molecule has 1 rings (SSSR count). The third kappa shape index (κ3) is 2.85. The van der Waals surface area contributed by atoms with Crippen molar-refractivity contribution >= 4 is 18.7 Å². The first kappa shape index (κ1) is 12.3. The van der Waals surface area contributed by atoms with Crippen molar-refractivity contribution in [2.45, 2.75) is 32.8 Å². The third-order valence-electron chi connectivity index (χ3n) is 2.65. The summed E-state index contributed by atoms with van der Waals surface area (Å²) in [6.45, 7) is 3.95. The van der Waals surface area contributed by atoms with Crippen LogP contribution in [0, 0.1) is 0 Å². The van der Waals surface area contributed by atoms with Crippen LogP contribution < -0.4 is 0 Å². The van der Waals surface area contributed by atoms with E-state index in [1.165, 1.54) is 0 Å². The fraction of sp³-hybridized carbons (Fsp3) is 0.800. The van der Waals surface area contributed by atoms with Crippen molar-refractivity contribution in [2.24, 2.45) is 0 Å². The molecule has 0 radical (unpaired) electrons. The van der Waals surface area contributed by atoms with Gasteiger partial charge in [0.1, 0.15) is 0 Å². The molecule has 0 saturated carbocycles.